The second-order valence-corrected chi connectivity index (χ2v) is 6.48. The van der Waals surface area contributed by atoms with Gasteiger partial charge in [-0.3, -0.25) is 0 Å². The van der Waals surface area contributed by atoms with Crippen molar-refractivity contribution in [3.63, 3.8) is 0 Å². The summed E-state index contributed by atoms with van der Waals surface area (Å²) in [6, 6.07) is 5.76. The summed E-state index contributed by atoms with van der Waals surface area (Å²) >= 11 is 7.51. The number of rotatable bonds is 6. The Balaban J connectivity index is 1.99. The van der Waals surface area contributed by atoms with Gasteiger partial charge in [-0.05, 0) is 18.6 Å². The number of nitrogens with one attached hydrogen (secondary N) is 2. The molecule has 5 nitrogen and oxygen atoms in total. The van der Waals surface area contributed by atoms with E-state index in [2.05, 4.69) is 20.7 Å². The van der Waals surface area contributed by atoms with Gasteiger partial charge in [-0.25, -0.2) is 15.8 Å². The van der Waals surface area contributed by atoms with Crippen LogP contribution in [0.4, 0.5) is 11.6 Å². The Labute approximate surface area is 127 Å². The van der Waals surface area contributed by atoms with Gasteiger partial charge in [0, 0.05) is 23.4 Å². The normalized spacial score (nSPS) is 10.8. The number of nitrogen functional groups attached to an aromatic ring is 1. The summed E-state index contributed by atoms with van der Waals surface area (Å²) in [6.07, 6.45) is 0.907. The number of hydrazine groups is 1. The number of anilines is 2. The highest BCUT2D eigenvalue weighted by atomic mass is 35.5. The Morgan fingerprint density at radius 3 is 2.65 bits per heavy atom. The monoisotopic (exact) mass is 311 g/mol. The molecule has 2 rings (SSSR count). The van der Waals surface area contributed by atoms with Crippen LogP contribution < -0.4 is 16.6 Å². The van der Waals surface area contributed by atoms with Crippen LogP contribution in [0, 0.1) is 0 Å². The average molecular weight is 312 g/mol. The number of aromatic nitrogens is 2. The zero-order valence-corrected chi connectivity index (χ0v) is 13.1. The molecule has 0 aliphatic heterocycles. The molecule has 108 valence electrons. The quantitative estimate of drug-likeness (QED) is 0.564. The minimum Gasteiger partial charge on any atom is -0.370 e. The maximum absolute atomic E-state index is 5.91. The zero-order valence-electron chi connectivity index (χ0n) is 11.5. The third-order valence-electron chi connectivity index (χ3n) is 2.71. The number of thiophene rings is 1. The van der Waals surface area contributed by atoms with Gasteiger partial charge >= 0.3 is 0 Å². The van der Waals surface area contributed by atoms with E-state index >= 15 is 0 Å². The van der Waals surface area contributed by atoms with Crippen molar-refractivity contribution >= 4 is 34.6 Å². The van der Waals surface area contributed by atoms with E-state index in [-0.39, 0.29) is 5.92 Å². The molecule has 0 saturated carbocycles. The molecule has 0 radical (unpaired) electrons. The lowest BCUT2D eigenvalue weighted by atomic mass is 10.2. The van der Waals surface area contributed by atoms with Gasteiger partial charge in [-0.2, -0.15) is 0 Å². The van der Waals surface area contributed by atoms with Crippen LogP contribution in [0.25, 0.3) is 0 Å². The number of nitrogens with two attached hydrogens (primary N) is 1. The van der Waals surface area contributed by atoms with E-state index in [0.717, 1.165) is 28.9 Å². The second kappa shape index (κ2) is 6.88. The topological polar surface area (TPSA) is 75.9 Å². The largest absolute Gasteiger partial charge is 0.370 e. The summed E-state index contributed by atoms with van der Waals surface area (Å²) in [5.41, 5.74) is 2.57. The summed E-state index contributed by atoms with van der Waals surface area (Å²) in [6.45, 7) is 4.88. The van der Waals surface area contributed by atoms with Gasteiger partial charge in [0.2, 0.25) is 0 Å². The Morgan fingerprint density at radius 2 is 2.05 bits per heavy atom. The number of nitrogens with zero attached hydrogens (tertiary/aromatic N) is 2. The van der Waals surface area contributed by atoms with E-state index in [9.17, 15) is 0 Å². The predicted molar refractivity (Wildman–Crippen MR) is 85.5 cm³/mol. The summed E-state index contributed by atoms with van der Waals surface area (Å²) in [5.74, 6) is 7.84. The van der Waals surface area contributed by atoms with Crippen LogP contribution in [0.3, 0.4) is 0 Å². The van der Waals surface area contributed by atoms with E-state index in [4.69, 9.17) is 17.4 Å². The summed E-state index contributed by atoms with van der Waals surface area (Å²) in [4.78, 5) is 10.0. The van der Waals surface area contributed by atoms with Crippen molar-refractivity contribution in [2.45, 2.75) is 26.2 Å². The van der Waals surface area contributed by atoms with Crippen molar-refractivity contribution in [2.24, 2.45) is 5.84 Å². The lowest BCUT2D eigenvalue weighted by Gasteiger charge is -2.11. The highest BCUT2D eigenvalue weighted by molar-refractivity contribution is 7.16. The molecule has 0 unspecified atom stereocenters. The summed E-state index contributed by atoms with van der Waals surface area (Å²) < 4.78 is 0.818. The Morgan fingerprint density at radius 1 is 1.30 bits per heavy atom. The van der Waals surface area contributed by atoms with Crippen molar-refractivity contribution in [1.29, 1.82) is 0 Å². The molecule has 2 aromatic heterocycles. The molecule has 0 bridgehead atoms. The van der Waals surface area contributed by atoms with Crippen LogP contribution >= 0.6 is 22.9 Å². The summed E-state index contributed by atoms with van der Waals surface area (Å²) in [7, 11) is 0. The highest BCUT2D eigenvalue weighted by Crippen LogP contribution is 2.22. The molecular formula is C13H18ClN5S. The zero-order chi connectivity index (χ0) is 14.5. The Kier molecular flexibility index (Phi) is 5.17. The minimum atomic E-state index is 0.250. The van der Waals surface area contributed by atoms with E-state index < -0.39 is 0 Å². The van der Waals surface area contributed by atoms with Crippen molar-refractivity contribution in [2.75, 3.05) is 17.3 Å². The molecule has 0 spiro atoms. The first-order valence-electron chi connectivity index (χ1n) is 6.42. The third-order valence-corrected chi connectivity index (χ3v) is 4.01. The fourth-order valence-corrected chi connectivity index (χ4v) is 2.78. The van der Waals surface area contributed by atoms with Gasteiger partial charge in [0.05, 0.1) is 4.34 Å². The lowest BCUT2D eigenvalue weighted by Crippen LogP contribution is -2.13. The Bertz CT molecular complexity index is 570. The molecule has 0 aliphatic carbocycles. The fraction of sp³-hybridized carbons (Fsp3) is 0.385. The minimum absolute atomic E-state index is 0.250. The van der Waals surface area contributed by atoms with Gasteiger partial charge in [0.1, 0.15) is 17.5 Å². The molecule has 0 amide bonds. The SMILES string of the molecule is CC(C)c1nc(NN)cc(NCCc2ccc(Cl)s2)n1. The van der Waals surface area contributed by atoms with Crippen molar-refractivity contribution < 1.29 is 0 Å². The van der Waals surface area contributed by atoms with E-state index in [1.165, 1.54) is 4.88 Å². The maximum Gasteiger partial charge on any atom is 0.145 e. The van der Waals surface area contributed by atoms with Gasteiger partial charge < -0.3 is 10.7 Å². The van der Waals surface area contributed by atoms with E-state index in [1.807, 2.05) is 26.0 Å². The smallest absolute Gasteiger partial charge is 0.145 e. The average Bonchev–Trinajstić information content (AvgIpc) is 2.84. The lowest BCUT2D eigenvalue weighted by molar-refractivity contribution is 0.775. The fourth-order valence-electron chi connectivity index (χ4n) is 1.69. The standard InChI is InChI=1S/C13H18ClN5S/c1-8(2)13-17-11(7-12(18-13)19-15)16-6-5-9-3-4-10(14)20-9/h3-4,7-8H,5-6,15H2,1-2H3,(H2,16,17,18,19). The van der Waals surface area contributed by atoms with Crippen LogP contribution in [0.2, 0.25) is 4.34 Å². The highest BCUT2D eigenvalue weighted by Gasteiger charge is 2.07. The van der Waals surface area contributed by atoms with Gasteiger partial charge in [-0.1, -0.05) is 25.4 Å². The second-order valence-electron chi connectivity index (χ2n) is 4.68. The molecule has 4 N–H and O–H groups in total. The van der Waals surface area contributed by atoms with Crippen molar-refractivity contribution in [3.05, 3.63) is 33.2 Å². The van der Waals surface area contributed by atoms with Crippen molar-refractivity contribution in [3.8, 4) is 0 Å². The van der Waals surface area contributed by atoms with Crippen LogP contribution in [0.1, 0.15) is 30.5 Å². The number of hydrogen-bond acceptors (Lipinski definition) is 6. The molecule has 0 aromatic carbocycles. The molecule has 7 heteroatoms. The number of hydrogen-bond donors (Lipinski definition) is 3. The molecular weight excluding hydrogens is 294 g/mol. The van der Waals surface area contributed by atoms with Crippen LogP contribution in [-0.4, -0.2) is 16.5 Å². The molecule has 2 heterocycles. The van der Waals surface area contributed by atoms with Gasteiger partial charge in [0.25, 0.3) is 0 Å². The first-order valence-corrected chi connectivity index (χ1v) is 7.61. The first-order chi connectivity index (χ1) is 9.58. The summed E-state index contributed by atoms with van der Waals surface area (Å²) in [5, 5.41) is 3.29. The molecule has 0 saturated heterocycles. The first kappa shape index (κ1) is 15.0. The molecule has 2 aromatic rings. The van der Waals surface area contributed by atoms with Crippen LogP contribution in [-0.2, 0) is 6.42 Å². The molecule has 0 fully saturated rings. The number of halogens is 1. The third kappa shape index (κ3) is 4.06. The van der Waals surface area contributed by atoms with Gasteiger partial charge in [0.15, 0.2) is 0 Å². The molecule has 0 atom stereocenters. The molecule has 0 aliphatic rings. The van der Waals surface area contributed by atoms with Gasteiger partial charge in [-0.15, -0.1) is 11.3 Å². The van der Waals surface area contributed by atoms with E-state index in [0.29, 0.717) is 5.82 Å². The predicted octanol–water partition coefficient (Wildman–Crippen LogP) is 3.26. The maximum atomic E-state index is 5.91. The van der Waals surface area contributed by atoms with Crippen molar-refractivity contribution in [1.82, 2.24) is 9.97 Å². The van der Waals surface area contributed by atoms with Crippen LogP contribution in [0.15, 0.2) is 18.2 Å². The Hall–Kier alpha value is -1.37. The van der Waals surface area contributed by atoms with Crippen LogP contribution in [0.5, 0.6) is 0 Å². The van der Waals surface area contributed by atoms with E-state index in [1.54, 1.807) is 17.4 Å². The molecule has 20 heavy (non-hydrogen) atoms.